The number of amides is 1. The number of thiazole rings is 1. The lowest BCUT2D eigenvalue weighted by molar-refractivity contribution is 0.102. The highest BCUT2D eigenvalue weighted by Gasteiger charge is 2.10. The van der Waals surface area contributed by atoms with Crippen LogP contribution >= 0.6 is 34.5 Å². The topological polar surface area (TPSA) is 54.9 Å². The minimum absolute atomic E-state index is 0.236. The first-order chi connectivity index (χ1) is 11.1. The second-order valence-corrected chi connectivity index (χ2v) is 6.70. The number of carbonyl (C=O) groups is 1. The summed E-state index contributed by atoms with van der Waals surface area (Å²) in [7, 11) is 0. The molecule has 116 valence electrons. The number of hydrogen-bond acceptors (Lipinski definition) is 4. The molecule has 0 radical (unpaired) electrons. The van der Waals surface area contributed by atoms with Crippen molar-refractivity contribution >= 4 is 45.6 Å². The Labute approximate surface area is 147 Å². The number of rotatable bonds is 4. The van der Waals surface area contributed by atoms with Crippen molar-refractivity contribution in [3.05, 3.63) is 75.0 Å². The largest absolute Gasteiger partial charge is 0.298 e. The minimum Gasteiger partial charge on any atom is -0.298 e. The maximum absolute atomic E-state index is 12.1. The molecule has 0 aliphatic heterocycles. The predicted octanol–water partition coefficient (Wildman–Crippen LogP) is 4.69. The number of anilines is 1. The number of hydrogen-bond donors (Lipinski definition) is 1. The van der Waals surface area contributed by atoms with Crippen molar-refractivity contribution < 1.29 is 4.79 Å². The van der Waals surface area contributed by atoms with Gasteiger partial charge in [0.1, 0.15) is 0 Å². The molecule has 0 aliphatic rings. The van der Waals surface area contributed by atoms with Gasteiger partial charge >= 0.3 is 0 Å². The van der Waals surface area contributed by atoms with Gasteiger partial charge in [-0.25, -0.2) is 4.98 Å². The lowest BCUT2D eigenvalue weighted by atomic mass is 10.1. The van der Waals surface area contributed by atoms with Gasteiger partial charge in [0.2, 0.25) is 0 Å². The number of halogens is 2. The molecule has 4 nitrogen and oxygen atoms in total. The van der Waals surface area contributed by atoms with Gasteiger partial charge in [-0.15, -0.1) is 11.3 Å². The SMILES string of the molecule is O=C(Nc1ncc(Cc2cc(Cl)ccc2Cl)s1)c1cccnc1. The first kappa shape index (κ1) is 15.9. The number of benzene rings is 1. The van der Waals surface area contributed by atoms with Crippen LogP contribution in [0.2, 0.25) is 10.0 Å². The van der Waals surface area contributed by atoms with Crippen molar-refractivity contribution in [2.45, 2.75) is 6.42 Å². The fourth-order valence-corrected chi connectivity index (χ4v) is 3.19. The normalized spacial score (nSPS) is 10.5. The molecule has 1 N–H and O–H groups in total. The van der Waals surface area contributed by atoms with Crippen LogP contribution < -0.4 is 5.32 Å². The maximum atomic E-state index is 12.1. The molecule has 0 bridgehead atoms. The Bertz CT molecular complexity index is 836. The van der Waals surface area contributed by atoms with Crippen LogP contribution in [0.25, 0.3) is 0 Å². The van der Waals surface area contributed by atoms with Gasteiger partial charge in [-0.3, -0.25) is 15.1 Å². The van der Waals surface area contributed by atoms with Crippen LogP contribution in [0, 0.1) is 0 Å². The van der Waals surface area contributed by atoms with Crippen LogP contribution in [-0.2, 0) is 6.42 Å². The van der Waals surface area contributed by atoms with E-state index in [4.69, 9.17) is 23.2 Å². The molecular weight excluding hydrogens is 353 g/mol. The molecule has 23 heavy (non-hydrogen) atoms. The third-order valence-electron chi connectivity index (χ3n) is 3.07. The predicted molar refractivity (Wildman–Crippen MR) is 93.6 cm³/mol. The zero-order valence-electron chi connectivity index (χ0n) is 11.8. The van der Waals surface area contributed by atoms with E-state index in [1.54, 1.807) is 36.7 Å². The third kappa shape index (κ3) is 4.07. The highest BCUT2D eigenvalue weighted by atomic mass is 35.5. The summed E-state index contributed by atoms with van der Waals surface area (Å²) in [5.41, 5.74) is 1.41. The molecule has 2 heterocycles. The summed E-state index contributed by atoms with van der Waals surface area (Å²) in [6, 6.07) is 8.76. The minimum atomic E-state index is -0.236. The van der Waals surface area contributed by atoms with Crippen molar-refractivity contribution in [3.63, 3.8) is 0 Å². The molecule has 2 aromatic heterocycles. The zero-order valence-corrected chi connectivity index (χ0v) is 14.1. The van der Waals surface area contributed by atoms with Crippen LogP contribution in [0.15, 0.2) is 48.9 Å². The van der Waals surface area contributed by atoms with E-state index in [1.165, 1.54) is 17.5 Å². The van der Waals surface area contributed by atoms with Crippen LogP contribution in [0.1, 0.15) is 20.8 Å². The van der Waals surface area contributed by atoms with Gasteiger partial charge in [0.25, 0.3) is 5.91 Å². The highest BCUT2D eigenvalue weighted by molar-refractivity contribution is 7.15. The molecule has 0 unspecified atom stereocenters. The lowest BCUT2D eigenvalue weighted by Gasteiger charge is -2.02. The summed E-state index contributed by atoms with van der Waals surface area (Å²) in [5, 5.41) is 4.59. The molecule has 1 aromatic carbocycles. The van der Waals surface area contributed by atoms with E-state index < -0.39 is 0 Å². The molecule has 1 amide bonds. The van der Waals surface area contributed by atoms with E-state index in [0.29, 0.717) is 27.2 Å². The number of nitrogens with one attached hydrogen (secondary N) is 1. The molecule has 7 heteroatoms. The van der Waals surface area contributed by atoms with Gasteiger partial charge in [0.05, 0.1) is 5.56 Å². The first-order valence-corrected chi connectivity index (χ1v) is 8.29. The average molecular weight is 364 g/mol. The Morgan fingerprint density at radius 2 is 2.09 bits per heavy atom. The summed E-state index contributed by atoms with van der Waals surface area (Å²) >= 11 is 13.6. The summed E-state index contributed by atoms with van der Waals surface area (Å²) in [4.78, 5) is 21.2. The maximum Gasteiger partial charge on any atom is 0.259 e. The number of pyridine rings is 1. The van der Waals surface area contributed by atoms with E-state index in [0.717, 1.165) is 10.4 Å². The van der Waals surface area contributed by atoms with Crippen molar-refractivity contribution in [3.8, 4) is 0 Å². The van der Waals surface area contributed by atoms with Crippen molar-refractivity contribution in [1.29, 1.82) is 0 Å². The molecule has 0 spiro atoms. The van der Waals surface area contributed by atoms with Gasteiger partial charge in [0, 0.05) is 39.9 Å². The highest BCUT2D eigenvalue weighted by Crippen LogP contribution is 2.27. The first-order valence-electron chi connectivity index (χ1n) is 6.72. The quantitative estimate of drug-likeness (QED) is 0.731. The Morgan fingerprint density at radius 3 is 2.87 bits per heavy atom. The molecule has 0 saturated heterocycles. The number of carbonyl (C=O) groups excluding carboxylic acids is 1. The van der Waals surface area contributed by atoms with Crippen LogP contribution in [0.4, 0.5) is 5.13 Å². The van der Waals surface area contributed by atoms with E-state index in [1.807, 2.05) is 6.07 Å². The van der Waals surface area contributed by atoms with E-state index in [-0.39, 0.29) is 5.91 Å². The summed E-state index contributed by atoms with van der Waals surface area (Å²) < 4.78 is 0. The zero-order chi connectivity index (χ0) is 16.2. The molecule has 0 atom stereocenters. The summed E-state index contributed by atoms with van der Waals surface area (Å²) in [6.07, 6.45) is 5.46. The number of aromatic nitrogens is 2. The van der Waals surface area contributed by atoms with E-state index >= 15 is 0 Å². The molecule has 0 saturated carbocycles. The van der Waals surface area contributed by atoms with Crippen LogP contribution in [0.3, 0.4) is 0 Å². The van der Waals surface area contributed by atoms with Gasteiger partial charge in [-0.1, -0.05) is 23.2 Å². The Hall–Kier alpha value is -1.95. The van der Waals surface area contributed by atoms with Gasteiger partial charge in [-0.05, 0) is 35.9 Å². The van der Waals surface area contributed by atoms with Gasteiger partial charge < -0.3 is 0 Å². The van der Waals surface area contributed by atoms with Crippen molar-refractivity contribution in [2.75, 3.05) is 5.32 Å². The molecule has 0 fully saturated rings. The fourth-order valence-electron chi connectivity index (χ4n) is 1.98. The monoisotopic (exact) mass is 363 g/mol. The van der Waals surface area contributed by atoms with E-state index in [9.17, 15) is 4.79 Å². The Balaban J connectivity index is 1.71. The number of nitrogens with zero attached hydrogens (tertiary/aromatic N) is 2. The summed E-state index contributed by atoms with van der Waals surface area (Å²) in [5.74, 6) is -0.236. The lowest BCUT2D eigenvalue weighted by Crippen LogP contribution is -2.11. The Morgan fingerprint density at radius 1 is 1.22 bits per heavy atom. The standard InChI is InChI=1S/C16H11Cl2N3OS/c17-12-3-4-14(18)11(6-12)7-13-9-20-16(23-13)21-15(22)10-2-1-5-19-8-10/h1-6,8-9H,7H2,(H,20,21,22). The second-order valence-electron chi connectivity index (χ2n) is 4.74. The van der Waals surface area contributed by atoms with Crippen LogP contribution in [-0.4, -0.2) is 15.9 Å². The van der Waals surface area contributed by atoms with Crippen molar-refractivity contribution in [1.82, 2.24) is 9.97 Å². The molecule has 3 aromatic rings. The molecule has 0 aliphatic carbocycles. The van der Waals surface area contributed by atoms with E-state index in [2.05, 4.69) is 15.3 Å². The van der Waals surface area contributed by atoms with Crippen molar-refractivity contribution in [2.24, 2.45) is 0 Å². The second kappa shape index (κ2) is 7.08. The smallest absolute Gasteiger partial charge is 0.259 e. The summed E-state index contributed by atoms with van der Waals surface area (Å²) in [6.45, 7) is 0. The van der Waals surface area contributed by atoms with Gasteiger partial charge in [0.15, 0.2) is 5.13 Å². The van der Waals surface area contributed by atoms with Crippen LogP contribution in [0.5, 0.6) is 0 Å². The molecular formula is C16H11Cl2N3OS. The fraction of sp³-hybridized carbons (Fsp3) is 0.0625. The Kier molecular flexibility index (Phi) is 4.91. The molecule has 3 rings (SSSR count). The third-order valence-corrected chi connectivity index (χ3v) is 4.59. The average Bonchev–Trinajstić information content (AvgIpc) is 2.99. The van der Waals surface area contributed by atoms with Gasteiger partial charge in [-0.2, -0.15) is 0 Å².